The first-order valence-corrected chi connectivity index (χ1v) is 16.0. The van der Waals surface area contributed by atoms with Gasteiger partial charge in [0.2, 0.25) is 0 Å². The number of benzene rings is 7. The molecule has 0 amide bonds. The molecule has 0 atom stereocenters. The summed E-state index contributed by atoms with van der Waals surface area (Å²) in [5, 5.41) is 5.16. The van der Waals surface area contributed by atoms with E-state index in [9.17, 15) is 0 Å². The Labute approximate surface area is 266 Å². The number of hydrogen-bond donors (Lipinski definition) is 0. The van der Waals surface area contributed by atoms with E-state index in [-0.39, 0.29) is 6.71 Å². The van der Waals surface area contributed by atoms with E-state index >= 15 is 0 Å². The van der Waals surface area contributed by atoms with E-state index in [4.69, 9.17) is 0 Å². The van der Waals surface area contributed by atoms with Gasteiger partial charge in [-0.25, -0.2) is 0 Å². The third-order valence-electron chi connectivity index (χ3n) is 10.3. The second-order valence-electron chi connectivity index (χ2n) is 12.5. The van der Waals surface area contributed by atoms with E-state index in [1.807, 2.05) is 0 Å². The van der Waals surface area contributed by atoms with E-state index in [0.717, 1.165) is 0 Å². The predicted molar refractivity (Wildman–Crippen MR) is 194 cm³/mol. The molecule has 0 spiro atoms. The fourth-order valence-corrected chi connectivity index (χ4v) is 8.50. The first kappa shape index (κ1) is 24.3. The highest BCUT2D eigenvalue weighted by molar-refractivity contribution is 7.00. The van der Waals surface area contributed by atoms with E-state index in [1.165, 1.54) is 88.4 Å². The molecule has 2 aliphatic rings. The molecular formula is C42H26BN3. The van der Waals surface area contributed by atoms with Crippen LogP contribution in [-0.2, 0) is 0 Å². The van der Waals surface area contributed by atoms with Crippen molar-refractivity contribution in [2.45, 2.75) is 0 Å². The molecule has 0 bridgehead atoms. The maximum Gasteiger partial charge on any atom is 0.252 e. The fourth-order valence-electron chi connectivity index (χ4n) is 8.50. The Hall–Kier alpha value is -6.00. The van der Waals surface area contributed by atoms with Crippen molar-refractivity contribution < 1.29 is 0 Å². The normalized spacial score (nSPS) is 13.1. The maximum atomic E-state index is 2.55. The molecule has 4 heterocycles. The zero-order chi connectivity index (χ0) is 29.9. The summed E-state index contributed by atoms with van der Waals surface area (Å²) in [6.45, 7) is 0.149. The number of hydrogen-bond acceptors (Lipinski definition) is 1. The lowest BCUT2D eigenvalue weighted by atomic mass is 9.34. The Balaban J connectivity index is 1.33. The zero-order valence-corrected chi connectivity index (χ0v) is 24.9. The summed E-state index contributed by atoms with van der Waals surface area (Å²) in [6, 6.07) is 58.0. The first-order valence-electron chi connectivity index (χ1n) is 16.0. The van der Waals surface area contributed by atoms with Crippen LogP contribution >= 0.6 is 0 Å². The molecule has 0 radical (unpaired) electrons. The molecule has 11 rings (SSSR count). The molecule has 3 nitrogen and oxygen atoms in total. The molecule has 212 valence electrons. The van der Waals surface area contributed by atoms with E-state index in [2.05, 4.69) is 172 Å². The van der Waals surface area contributed by atoms with Crippen LogP contribution in [-0.4, -0.2) is 15.8 Å². The topological polar surface area (TPSA) is 13.1 Å². The van der Waals surface area contributed by atoms with Gasteiger partial charge in [-0.15, -0.1) is 0 Å². The Morgan fingerprint density at radius 1 is 0.370 bits per heavy atom. The minimum atomic E-state index is 0.149. The van der Waals surface area contributed by atoms with Gasteiger partial charge < -0.3 is 14.0 Å². The van der Waals surface area contributed by atoms with Crippen molar-refractivity contribution in [3.8, 4) is 11.4 Å². The van der Waals surface area contributed by atoms with Gasteiger partial charge in [0.05, 0.1) is 22.1 Å². The Morgan fingerprint density at radius 2 is 0.978 bits per heavy atom. The number of nitrogens with zero attached hydrogens (tertiary/aromatic N) is 3. The minimum Gasteiger partial charge on any atom is -0.311 e. The van der Waals surface area contributed by atoms with Crippen LogP contribution in [0.1, 0.15) is 0 Å². The van der Waals surface area contributed by atoms with Crippen LogP contribution in [0, 0.1) is 0 Å². The van der Waals surface area contributed by atoms with Crippen LogP contribution in [0.15, 0.2) is 158 Å². The second-order valence-corrected chi connectivity index (χ2v) is 12.5. The van der Waals surface area contributed by atoms with Gasteiger partial charge in [0.15, 0.2) is 0 Å². The van der Waals surface area contributed by atoms with Gasteiger partial charge in [0, 0.05) is 50.0 Å². The van der Waals surface area contributed by atoms with Gasteiger partial charge in [-0.2, -0.15) is 0 Å². The lowest BCUT2D eigenvalue weighted by molar-refractivity contribution is 1.17. The van der Waals surface area contributed by atoms with Crippen LogP contribution in [0.4, 0.5) is 17.1 Å². The van der Waals surface area contributed by atoms with Gasteiger partial charge >= 0.3 is 0 Å². The monoisotopic (exact) mass is 583 g/mol. The highest BCUT2D eigenvalue weighted by Crippen LogP contribution is 2.44. The molecule has 0 unspecified atom stereocenters. The first-order chi connectivity index (χ1) is 22.9. The summed E-state index contributed by atoms with van der Waals surface area (Å²) in [7, 11) is 0. The van der Waals surface area contributed by atoms with Crippen LogP contribution in [0.25, 0.3) is 55.0 Å². The average molecular weight is 584 g/mol. The number of rotatable bonds is 2. The molecule has 2 aromatic heterocycles. The highest BCUT2D eigenvalue weighted by atomic mass is 15.2. The minimum absolute atomic E-state index is 0.149. The molecule has 0 N–H and O–H groups in total. The van der Waals surface area contributed by atoms with Crippen molar-refractivity contribution in [2.75, 3.05) is 4.90 Å². The number of aromatic nitrogens is 2. The molecule has 9 aromatic rings. The Kier molecular flexibility index (Phi) is 4.66. The van der Waals surface area contributed by atoms with Crippen molar-refractivity contribution in [1.82, 2.24) is 9.13 Å². The smallest absolute Gasteiger partial charge is 0.252 e. The number of anilines is 3. The third kappa shape index (κ3) is 2.99. The molecule has 4 heteroatoms. The second kappa shape index (κ2) is 8.80. The average Bonchev–Trinajstić information content (AvgIpc) is 3.63. The van der Waals surface area contributed by atoms with Crippen LogP contribution < -0.4 is 21.3 Å². The van der Waals surface area contributed by atoms with Crippen molar-refractivity contribution in [2.24, 2.45) is 0 Å². The van der Waals surface area contributed by atoms with Crippen LogP contribution in [0.2, 0.25) is 0 Å². The third-order valence-corrected chi connectivity index (χ3v) is 10.3. The van der Waals surface area contributed by atoms with Crippen molar-refractivity contribution in [3.05, 3.63) is 158 Å². The van der Waals surface area contributed by atoms with Crippen LogP contribution in [0.3, 0.4) is 0 Å². The largest absolute Gasteiger partial charge is 0.311 e. The van der Waals surface area contributed by atoms with Gasteiger partial charge in [-0.3, -0.25) is 0 Å². The van der Waals surface area contributed by atoms with Gasteiger partial charge in [-0.1, -0.05) is 97.1 Å². The van der Waals surface area contributed by atoms with E-state index in [0.29, 0.717) is 0 Å². The van der Waals surface area contributed by atoms with E-state index in [1.54, 1.807) is 0 Å². The van der Waals surface area contributed by atoms with Crippen LogP contribution in [0.5, 0.6) is 0 Å². The summed E-state index contributed by atoms with van der Waals surface area (Å²) in [4.78, 5) is 2.46. The molecule has 2 aliphatic heterocycles. The zero-order valence-electron chi connectivity index (χ0n) is 24.9. The summed E-state index contributed by atoms with van der Waals surface area (Å²) >= 11 is 0. The maximum absolute atomic E-state index is 2.55. The molecule has 0 saturated heterocycles. The van der Waals surface area contributed by atoms with Crippen molar-refractivity contribution in [1.29, 1.82) is 0 Å². The predicted octanol–water partition coefficient (Wildman–Crippen LogP) is 8.49. The Bertz CT molecular complexity index is 2700. The van der Waals surface area contributed by atoms with Gasteiger partial charge in [0.1, 0.15) is 0 Å². The summed E-state index contributed by atoms with van der Waals surface area (Å²) < 4.78 is 4.98. The molecule has 0 saturated carbocycles. The molecule has 7 aromatic carbocycles. The highest BCUT2D eigenvalue weighted by Gasteiger charge is 2.41. The SMILES string of the molecule is c1ccc(N2c3ccccc3B3c4ccccc4-n4c5cc6c(cc5c5ccc2c3c54)c2ccccc2n6-c2ccccc2)cc1. The molecule has 0 fully saturated rings. The Morgan fingerprint density at radius 3 is 1.78 bits per heavy atom. The summed E-state index contributed by atoms with van der Waals surface area (Å²) in [5.41, 5.74) is 15.2. The van der Waals surface area contributed by atoms with Gasteiger partial charge in [0.25, 0.3) is 6.71 Å². The molecular weight excluding hydrogens is 557 g/mol. The molecule has 46 heavy (non-hydrogen) atoms. The van der Waals surface area contributed by atoms with Crippen molar-refractivity contribution >= 4 is 83.8 Å². The summed E-state index contributed by atoms with van der Waals surface area (Å²) in [5.74, 6) is 0. The lowest BCUT2D eigenvalue weighted by Crippen LogP contribution is -2.60. The quantitative estimate of drug-likeness (QED) is 0.186. The number of fused-ring (bicyclic) bond motifs is 11. The van der Waals surface area contributed by atoms with Crippen molar-refractivity contribution in [3.63, 3.8) is 0 Å². The fraction of sp³-hybridized carbons (Fsp3) is 0. The lowest BCUT2D eigenvalue weighted by Gasteiger charge is -2.39. The number of para-hydroxylation sites is 5. The van der Waals surface area contributed by atoms with Gasteiger partial charge in [-0.05, 0) is 77.1 Å². The summed E-state index contributed by atoms with van der Waals surface area (Å²) in [6.07, 6.45) is 0. The standard InChI is InChI=1S/C42H26BN3/c1-3-13-27(14-4-1)44-35-20-10-7-17-29(35)31-25-32-30-23-24-38-41-42(30)46(40(32)26-39(31)44)37-22-12-9-19-34(37)43(41)33-18-8-11-21-36(33)45(38)28-15-5-2-6-16-28/h1-26H. The molecule has 0 aliphatic carbocycles. The van der Waals surface area contributed by atoms with E-state index < -0.39 is 0 Å².